The lowest BCUT2D eigenvalue weighted by atomic mass is 9.94. The number of ether oxygens (including phenoxy) is 1. The van der Waals surface area contributed by atoms with Crippen molar-refractivity contribution in [1.82, 2.24) is 4.98 Å². The van der Waals surface area contributed by atoms with Gasteiger partial charge in [0.15, 0.2) is 5.78 Å². The first-order valence-corrected chi connectivity index (χ1v) is 8.69. The zero-order valence-corrected chi connectivity index (χ0v) is 15.2. The highest BCUT2D eigenvalue weighted by Gasteiger charge is 2.25. The molecule has 2 aromatic rings. The monoisotopic (exact) mass is 397 g/mol. The summed E-state index contributed by atoms with van der Waals surface area (Å²) in [5.74, 6) is -1.79. The van der Waals surface area contributed by atoms with Gasteiger partial charge in [-0.05, 0) is 38.0 Å². The van der Waals surface area contributed by atoms with Gasteiger partial charge in [0.25, 0.3) is 5.56 Å². The second-order valence-corrected chi connectivity index (χ2v) is 6.77. The summed E-state index contributed by atoms with van der Waals surface area (Å²) in [6.07, 6.45) is 0.582. The highest BCUT2D eigenvalue weighted by Crippen LogP contribution is 2.34. The van der Waals surface area contributed by atoms with E-state index in [0.29, 0.717) is 30.5 Å². The van der Waals surface area contributed by atoms with Crippen LogP contribution in [-0.2, 0) is 11.2 Å². The number of ketones is 1. The summed E-state index contributed by atoms with van der Waals surface area (Å²) < 4.78 is 18.9. The molecule has 1 aliphatic carbocycles. The van der Waals surface area contributed by atoms with Crippen LogP contribution in [0.25, 0.3) is 0 Å². The molecule has 0 saturated heterocycles. The minimum absolute atomic E-state index is 0.104. The van der Waals surface area contributed by atoms with Crippen LogP contribution in [0.4, 0.5) is 4.39 Å². The molecule has 5 nitrogen and oxygen atoms in total. The molecular weight excluding hydrogens is 384 g/mol. The van der Waals surface area contributed by atoms with Gasteiger partial charge < -0.3 is 9.72 Å². The summed E-state index contributed by atoms with van der Waals surface area (Å²) in [7, 11) is 0. The number of esters is 1. The smallest absolute Gasteiger partial charge is 0.344 e. The normalized spacial score (nSPS) is 14.7. The fraction of sp³-hybridized carbons (Fsp3) is 0.278. The molecule has 0 spiro atoms. The van der Waals surface area contributed by atoms with Crippen molar-refractivity contribution in [3.05, 3.63) is 66.8 Å². The van der Waals surface area contributed by atoms with Gasteiger partial charge in [-0.2, -0.15) is 0 Å². The van der Waals surface area contributed by atoms with Crippen LogP contribution in [-0.4, -0.2) is 16.7 Å². The Morgan fingerprint density at radius 2 is 2.00 bits per heavy atom. The van der Waals surface area contributed by atoms with Gasteiger partial charge in [-0.1, -0.05) is 23.2 Å². The van der Waals surface area contributed by atoms with Gasteiger partial charge in [0.05, 0.1) is 5.02 Å². The lowest BCUT2D eigenvalue weighted by Crippen LogP contribution is -2.26. The van der Waals surface area contributed by atoms with E-state index in [0.717, 1.165) is 6.07 Å². The third kappa shape index (κ3) is 3.39. The number of hydrogen-bond donors (Lipinski definition) is 1. The zero-order valence-electron chi connectivity index (χ0n) is 13.7. The van der Waals surface area contributed by atoms with Gasteiger partial charge in [0.1, 0.15) is 17.5 Å². The molecule has 1 atom stereocenters. The number of H-pyrrole nitrogens is 1. The van der Waals surface area contributed by atoms with Gasteiger partial charge in [0.2, 0.25) is 0 Å². The SMILES string of the molecule is CC(OC(=O)c1cc2c([nH]c1=O)CCCC2=O)c1c(Cl)ccc(F)c1Cl. The molecule has 0 saturated carbocycles. The second kappa shape index (κ2) is 7.21. The van der Waals surface area contributed by atoms with E-state index < -0.39 is 23.4 Å². The van der Waals surface area contributed by atoms with Crippen LogP contribution < -0.4 is 5.56 Å². The largest absolute Gasteiger partial charge is 0.454 e. The number of carbonyl (C=O) groups is 2. The Labute approximate surface area is 158 Å². The molecular formula is C18H14Cl2FNO4. The number of benzene rings is 1. The Hall–Kier alpha value is -2.18. The molecule has 0 radical (unpaired) electrons. The number of hydrogen-bond acceptors (Lipinski definition) is 4. The van der Waals surface area contributed by atoms with Crippen LogP contribution in [0.15, 0.2) is 23.0 Å². The second-order valence-electron chi connectivity index (χ2n) is 5.99. The Balaban J connectivity index is 1.92. The van der Waals surface area contributed by atoms with Gasteiger partial charge in [-0.15, -0.1) is 0 Å². The summed E-state index contributed by atoms with van der Waals surface area (Å²) >= 11 is 11.9. The number of carbonyl (C=O) groups excluding carboxylic acids is 2. The number of rotatable bonds is 3. The highest BCUT2D eigenvalue weighted by atomic mass is 35.5. The molecule has 1 unspecified atom stereocenters. The van der Waals surface area contributed by atoms with Crippen molar-refractivity contribution in [2.24, 2.45) is 0 Å². The number of aryl methyl sites for hydroxylation is 1. The van der Waals surface area contributed by atoms with Crippen molar-refractivity contribution in [3.8, 4) is 0 Å². The zero-order chi connectivity index (χ0) is 19.0. The number of Topliss-reactive ketones (excluding diaryl/α,β-unsaturated/α-hetero) is 1. The molecule has 0 amide bonds. The molecule has 0 fully saturated rings. The Bertz CT molecular complexity index is 970. The van der Waals surface area contributed by atoms with Crippen molar-refractivity contribution in [2.45, 2.75) is 32.3 Å². The van der Waals surface area contributed by atoms with E-state index in [2.05, 4.69) is 4.98 Å². The fourth-order valence-corrected chi connectivity index (χ4v) is 3.60. The van der Waals surface area contributed by atoms with Crippen molar-refractivity contribution in [1.29, 1.82) is 0 Å². The molecule has 1 aromatic carbocycles. The maximum atomic E-state index is 13.7. The predicted octanol–water partition coefficient (Wildman–Crippen LogP) is 4.26. The van der Waals surface area contributed by atoms with Crippen molar-refractivity contribution >= 4 is 35.0 Å². The summed E-state index contributed by atoms with van der Waals surface area (Å²) in [6, 6.07) is 3.65. The molecule has 0 bridgehead atoms. The fourth-order valence-electron chi connectivity index (χ4n) is 2.93. The number of aromatic amines is 1. The van der Waals surface area contributed by atoms with Crippen molar-refractivity contribution in [3.63, 3.8) is 0 Å². The average molecular weight is 398 g/mol. The summed E-state index contributed by atoms with van der Waals surface area (Å²) in [6.45, 7) is 1.46. The molecule has 1 N–H and O–H groups in total. The standard InChI is InChI=1S/C18H14Cl2FNO4/c1-8(15-11(19)5-6-12(21)16(15)20)26-18(25)10-7-9-13(22-17(10)24)3-2-4-14(9)23/h5-8H,2-4H2,1H3,(H,22,24). The van der Waals surface area contributed by atoms with Crippen molar-refractivity contribution in [2.75, 3.05) is 0 Å². The number of pyridine rings is 1. The van der Waals surface area contributed by atoms with E-state index in [-0.39, 0.29) is 27.0 Å². The van der Waals surface area contributed by atoms with E-state index in [1.807, 2.05) is 0 Å². The molecule has 3 rings (SSSR count). The topological polar surface area (TPSA) is 76.2 Å². The maximum Gasteiger partial charge on any atom is 0.344 e. The van der Waals surface area contributed by atoms with E-state index in [4.69, 9.17) is 27.9 Å². The van der Waals surface area contributed by atoms with Gasteiger partial charge in [0, 0.05) is 28.3 Å². The first-order chi connectivity index (χ1) is 12.3. The lowest BCUT2D eigenvalue weighted by Gasteiger charge is -2.18. The molecule has 1 aliphatic rings. The molecule has 1 aromatic heterocycles. The van der Waals surface area contributed by atoms with E-state index in [1.165, 1.54) is 19.1 Å². The maximum absolute atomic E-state index is 13.7. The molecule has 8 heteroatoms. The number of fused-ring (bicyclic) bond motifs is 1. The Morgan fingerprint density at radius 1 is 1.27 bits per heavy atom. The Morgan fingerprint density at radius 3 is 2.73 bits per heavy atom. The average Bonchev–Trinajstić information content (AvgIpc) is 2.58. The van der Waals surface area contributed by atoms with Crippen LogP contribution >= 0.6 is 23.2 Å². The Kier molecular flexibility index (Phi) is 5.16. The molecule has 26 heavy (non-hydrogen) atoms. The number of halogens is 3. The predicted molar refractivity (Wildman–Crippen MR) is 94.6 cm³/mol. The van der Waals surface area contributed by atoms with E-state index >= 15 is 0 Å². The summed E-state index contributed by atoms with van der Waals surface area (Å²) in [4.78, 5) is 39.1. The van der Waals surface area contributed by atoms with E-state index in [1.54, 1.807) is 0 Å². The van der Waals surface area contributed by atoms with Crippen LogP contribution in [0.3, 0.4) is 0 Å². The minimum Gasteiger partial charge on any atom is -0.454 e. The molecule has 1 heterocycles. The van der Waals surface area contributed by atoms with E-state index in [9.17, 15) is 18.8 Å². The van der Waals surface area contributed by atoms with Gasteiger partial charge in [-0.25, -0.2) is 9.18 Å². The van der Waals surface area contributed by atoms with Crippen LogP contribution in [0.2, 0.25) is 10.0 Å². The summed E-state index contributed by atoms with van der Waals surface area (Å²) in [5, 5.41) is -0.126. The molecule has 136 valence electrons. The third-order valence-corrected chi connectivity index (χ3v) is 4.96. The van der Waals surface area contributed by atoms with Crippen LogP contribution in [0, 0.1) is 5.82 Å². The van der Waals surface area contributed by atoms with Crippen LogP contribution in [0.5, 0.6) is 0 Å². The number of nitrogens with one attached hydrogen (secondary N) is 1. The van der Waals surface area contributed by atoms with Crippen molar-refractivity contribution < 1.29 is 18.7 Å². The molecule has 0 aliphatic heterocycles. The third-order valence-electron chi connectivity index (χ3n) is 4.24. The first-order valence-electron chi connectivity index (χ1n) is 7.93. The highest BCUT2D eigenvalue weighted by molar-refractivity contribution is 6.36. The quantitative estimate of drug-likeness (QED) is 0.619. The van der Waals surface area contributed by atoms with Crippen LogP contribution in [0.1, 0.15) is 57.8 Å². The summed E-state index contributed by atoms with van der Waals surface area (Å²) in [5.41, 5.74) is -0.00178. The number of aromatic nitrogens is 1. The minimum atomic E-state index is -0.996. The van der Waals surface area contributed by atoms with Gasteiger partial charge >= 0.3 is 5.97 Å². The first kappa shape index (κ1) is 18.6. The van der Waals surface area contributed by atoms with Gasteiger partial charge in [-0.3, -0.25) is 9.59 Å². The lowest BCUT2D eigenvalue weighted by molar-refractivity contribution is 0.0335.